The van der Waals surface area contributed by atoms with Crippen molar-refractivity contribution in [2.45, 2.75) is 117 Å². The number of aliphatic hydroxyl groups excluding tert-OH is 2. The molecule has 4 aliphatic rings. The Hall–Kier alpha value is -0.160. The van der Waals surface area contributed by atoms with Gasteiger partial charge in [0.15, 0.2) is 0 Å². The van der Waals surface area contributed by atoms with Crippen LogP contribution in [0.15, 0.2) is 0 Å². The number of hydrogen-bond acceptors (Lipinski definition) is 4. The van der Waals surface area contributed by atoms with Gasteiger partial charge in [0.05, 0.1) is 37.6 Å². The van der Waals surface area contributed by atoms with Crippen LogP contribution in [-0.4, -0.2) is 47.8 Å². The van der Waals surface area contributed by atoms with Crippen LogP contribution in [0.1, 0.15) is 92.9 Å². The van der Waals surface area contributed by atoms with E-state index in [1.807, 2.05) is 0 Å². The highest BCUT2D eigenvalue weighted by molar-refractivity contribution is 4.96. The molecule has 0 radical (unpaired) electrons. The van der Waals surface area contributed by atoms with Gasteiger partial charge in [-0.1, -0.05) is 40.5 Å². The maximum absolute atomic E-state index is 11.5. The second-order valence-corrected chi connectivity index (χ2v) is 13.2. The molecule has 2 saturated carbocycles. The van der Waals surface area contributed by atoms with Crippen LogP contribution in [-0.2, 0) is 9.47 Å². The maximum Gasteiger partial charge on any atom is 0.0830 e. The molecule has 0 bridgehead atoms. The van der Waals surface area contributed by atoms with E-state index in [-0.39, 0.29) is 11.8 Å². The lowest BCUT2D eigenvalue weighted by Gasteiger charge is -2.47. The standard InChI is InChI=1S/C30H54O4/c1-17-7-11-25(27-15-33-19(3)9-13-23(17)27)21(5)29(31)30(32)22(6)26-12-8-18(2)24-14-10-20(4)34-16-28(24)26/h17-32H,7-16H2,1-6H3/t17-,18-,19?,20?,21?,22?,23?,24?,25+,26+,27?,28?,29?,30?/m1/s1. The number of ether oxygens (including phenoxy) is 2. The van der Waals surface area contributed by atoms with Gasteiger partial charge in [0, 0.05) is 0 Å². The first-order chi connectivity index (χ1) is 16.2. The van der Waals surface area contributed by atoms with Gasteiger partial charge in [0.1, 0.15) is 0 Å². The summed E-state index contributed by atoms with van der Waals surface area (Å²) in [7, 11) is 0. The molecule has 2 heterocycles. The highest BCUT2D eigenvalue weighted by atomic mass is 16.5. The maximum atomic E-state index is 11.5. The van der Waals surface area contributed by atoms with Crippen molar-refractivity contribution >= 4 is 0 Å². The van der Waals surface area contributed by atoms with Crippen molar-refractivity contribution in [3.05, 3.63) is 0 Å². The molecule has 0 aromatic carbocycles. The summed E-state index contributed by atoms with van der Waals surface area (Å²) in [6, 6.07) is 0. The minimum absolute atomic E-state index is 0.0955. The van der Waals surface area contributed by atoms with Crippen molar-refractivity contribution in [2.75, 3.05) is 13.2 Å². The van der Waals surface area contributed by atoms with Gasteiger partial charge >= 0.3 is 0 Å². The predicted molar refractivity (Wildman–Crippen MR) is 137 cm³/mol. The van der Waals surface area contributed by atoms with Crippen LogP contribution in [0.5, 0.6) is 0 Å². The van der Waals surface area contributed by atoms with Crippen LogP contribution in [0.25, 0.3) is 0 Å². The highest BCUT2D eigenvalue weighted by Gasteiger charge is 2.47. The number of aliphatic hydroxyl groups is 2. The first kappa shape index (κ1) is 26.9. The molecule has 0 aromatic heterocycles. The summed E-state index contributed by atoms with van der Waals surface area (Å²) in [5, 5.41) is 23.1. The molecule has 4 fully saturated rings. The second-order valence-electron chi connectivity index (χ2n) is 13.2. The molecular formula is C30H54O4. The highest BCUT2D eigenvalue weighted by Crippen LogP contribution is 2.49. The fourth-order valence-electron chi connectivity index (χ4n) is 8.74. The third-order valence-corrected chi connectivity index (χ3v) is 11.3. The van der Waals surface area contributed by atoms with Crippen LogP contribution >= 0.6 is 0 Å². The van der Waals surface area contributed by atoms with E-state index in [0.29, 0.717) is 47.7 Å². The zero-order chi connectivity index (χ0) is 24.6. The molecule has 2 saturated heterocycles. The molecule has 14 atom stereocenters. The number of rotatable bonds is 5. The van der Waals surface area contributed by atoms with Crippen LogP contribution in [0, 0.1) is 59.2 Å². The third-order valence-electron chi connectivity index (χ3n) is 11.3. The van der Waals surface area contributed by atoms with E-state index in [4.69, 9.17) is 9.47 Å². The van der Waals surface area contributed by atoms with Gasteiger partial charge < -0.3 is 19.7 Å². The Morgan fingerprint density at radius 1 is 0.529 bits per heavy atom. The largest absolute Gasteiger partial charge is 0.390 e. The van der Waals surface area contributed by atoms with Gasteiger partial charge in [-0.25, -0.2) is 0 Å². The van der Waals surface area contributed by atoms with Gasteiger partial charge in [0.25, 0.3) is 0 Å². The molecule has 0 aromatic rings. The topological polar surface area (TPSA) is 58.9 Å². The van der Waals surface area contributed by atoms with E-state index in [0.717, 1.165) is 50.7 Å². The molecular weight excluding hydrogens is 424 g/mol. The fraction of sp³-hybridized carbons (Fsp3) is 1.00. The first-order valence-electron chi connectivity index (χ1n) is 14.8. The molecule has 4 nitrogen and oxygen atoms in total. The lowest BCUT2D eigenvalue weighted by molar-refractivity contribution is -0.106. The molecule has 4 rings (SSSR count). The van der Waals surface area contributed by atoms with Gasteiger partial charge in [-0.15, -0.1) is 0 Å². The van der Waals surface area contributed by atoms with Gasteiger partial charge in [-0.05, 0) is 112 Å². The Kier molecular flexibility index (Phi) is 9.08. The summed E-state index contributed by atoms with van der Waals surface area (Å²) >= 11 is 0. The van der Waals surface area contributed by atoms with E-state index in [9.17, 15) is 10.2 Å². The summed E-state index contributed by atoms with van der Waals surface area (Å²) < 4.78 is 12.4. The van der Waals surface area contributed by atoms with E-state index in [2.05, 4.69) is 41.5 Å². The Balaban J connectivity index is 1.45. The SMILES string of the molecule is CC1CCC2C(CO1)[C@H](C(C)C(O)C(O)C(C)[C@@H]1CC[C@@H](C)C3CCC(C)OCC31)CC[C@H]2C. The Labute approximate surface area is 209 Å². The number of fused-ring (bicyclic) bond motifs is 2. The average Bonchev–Trinajstić information content (AvgIpc) is 3.15. The van der Waals surface area contributed by atoms with Crippen molar-refractivity contribution in [1.29, 1.82) is 0 Å². The zero-order valence-electron chi connectivity index (χ0n) is 22.9. The number of hydrogen-bond donors (Lipinski definition) is 2. The lowest BCUT2D eigenvalue weighted by Crippen LogP contribution is -2.49. The van der Waals surface area contributed by atoms with Crippen molar-refractivity contribution in [3.63, 3.8) is 0 Å². The van der Waals surface area contributed by atoms with Crippen LogP contribution in [0.2, 0.25) is 0 Å². The smallest absolute Gasteiger partial charge is 0.0830 e. The van der Waals surface area contributed by atoms with Crippen LogP contribution in [0.3, 0.4) is 0 Å². The monoisotopic (exact) mass is 478 g/mol. The molecule has 0 spiro atoms. The summed E-state index contributed by atoms with van der Waals surface area (Å²) in [4.78, 5) is 0. The lowest BCUT2D eigenvalue weighted by atomic mass is 9.59. The molecule has 2 aliphatic carbocycles. The molecule has 198 valence electrons. The summed E-state index contributed by atoms with van der Waals surface area (Å²) in [5.74, 6) is 4.95. The van der Waals surface area contributed by atoms with E-state index < -0.39 is 12.2 Å². The summed E-state index contributed by atoms with van der Waals surface area (Å²) in [6.07, 6.45) is 8.91. The van der Waals surface area contributed by atoms with Gasteiger partial charge in [-0.2, -0.15) is 0 Å². The quantitative estimate of drug-likeness (QED) is 0.514. The minimum Gasteiger partial charge on any atom is -0.390 e. The zero-order valence-corrected chi connectivity index (χ0v) is 22.9. The van der Waals surface area contributed by atoms with E-state index >= 15 is 0 Å². The minimum atomic E-state index is -0.668. The summed E-state index contributed by atoms with van der Waals surface area (Å²) in [6.45, 7) is 15.3. The van der Waals surface area contributed by atoms with Crippen molar-refractivity contribution in [1.82, 2.24) is 0 Å². The molecule has 2 N–H and O–H groups in total. The molecule has 0 amide bonds. The molecule has 10 unspecified atom stereocenters. The Morgan fingerprint density at radius 3 is 1.29 bits per heavy atom. The Morgan fingerprint density at radius 2 is 0.912 bits per heavy atom. The van der Waals surface area contributed by atoms with Crippen molar-refractivity contribution in [2.24, 2.45) is 59.2 Å². The fourth-order valence-corrected chi connectivity index (χ4v) is 8.74. The third kappa shape index (κ3) is 5.55. The van der Waals surface area contributed by atoms with Crippen molar-refractivity contribution in [3.8, 4) is 0 Å². The van der Waals surface area contributed by atoms with E-state index in [1.165, 1.54) is 25.7 Å². The molecule has 34 heavy (non-hydrogen) atoms. The van der Waals surface area contributed by atoms with E-state index in [1.54, 1.807) is 0 Å². The second kappa shape index (κ2) is 11.5. The first-order valence-corrected chi connectivity index (χ1v) is 14.8. The van der Waals surface area contributed by atoms with Gasteiger partial charge in [0.2, 0.25) is 0 Å². The van der Waals surface area contributed by atoms with Gasteiger partial charge in [-0.3, -0.25) is 0 Å². The van der Waals surface area contributed by atoms with Crippen LogP contribution < -0.4 is 0 Å². The normalized spacial score (nSPS) is 47.3. The average molecular weight is 479 g/mol. The molecule has 4 heteroatoms. The summed E-state index contributed by atoms with van der Waals surface area (Å²) in [5.41, 5.74) is 0. The van der Waals surface area contributed by atoms with Crippen molar-refractivity contribution < 1.29 is 19.7 Å². The molecule has 2 aliphatic heterocycles. The Bertz CT molecular complexity index is 585. The van der Waals surface area contributed by atoms with Crippen LogP contribution in [0.4, 0.5) is 0 Å². The predicted octanol–water partition coefficient (Wildman–Crippen LogP) is 5.94.